The topological polar surface area (TPSA) is 42.4 Å². The van der Waals surface area contributed by atoms with E-state index in [2.05, 4.69) is 65.3 Å². The lowest BCUT2D eigenvalue weighted by Gasteiger charge is -2.40. The van der Waals surface area contributed by atoms with Gasteiger partial charge in [0.2, 0.25) is 5.91 Å². The minimum atomic E-state index is -0.434. The monoisotopic (exact) mass is 442 g/mol. The number of nitrogens with zero attached hydrogens (tertiary/aromatic N) is 2. The van der Waals surface area contributed by atoms with Crippen LogP contribution in [-0.4, -0.2) is 42.1 Å². The van der Waals surface area contributed by atoms with E-state index in [-0.39, 0.29) is 0 Å². The minimum Gasteiger partial charge on any atom is -0.381 e. The predicted octanol–water partition coefficient (Wildman–Crippen LogP) is 5.46. The Morgan fingerprint density at radius 2 is 1.94 bits per heavy atom. The van der Waals surface area contributed by atoms with Crippen molar-refractivity contribution in [2.45, 2.75) is 50.9 Å². The number of rotatable bonds is 4. The molecule has 172 valence electrons. The third-order valence-corrected chi connectivity index (χ3v) is 7.69. The van der Waals surface area contributed by atoms with E-state index in [0.717, 1.165) is 45.2 Å². The number of pyridine rings is 1. The maximum Gasteiger partial charge on any atom is 0.233 e. The van der Waals surface area contributed by atoms with Crippen LogP contribution >= 0.6 is 0 Å². The standard InChI is InChI=1S/C29H34N2O2/c1-22-4-2-6-27(18-22)29(11-16-33-17-12-29)28(32)31-14-3-5-23(10-15-31)19-24-7-8-26-21-30-13-9-25(26)20-24/h2,4,6-9,13,18,20-21,23H,3,5,10-12,14-17,19H2,1H3/t23-/m1/s1. The van der Waals surface area contributed by atoms with Crippen LogP contribution in [0.25, 0.3) is 10.8 Å². The lowest BCUT2D eigenvalue weighted by atomic mass is 9.72. The maximum absolute atomic E-state index is 14.0. The molecule has 33 heavy (non-hydrogen) atoms. The Balaban J connectivity index is 1.30. The number of carbonyl (C=O) groups excluding carboxylic acids is 1. The molecule has 2 saturated heterocycles. The third kappa shape index (κ3) is 4.67. The van der Waals surface area contributed by atoms with Gasteiger partial charge in [-0.1, -0.05) is 48.0 Å². The molecular formula is C29H34N2O2. The van der Waals surface area contributed by atoms with E-state index in [0.29, 0.717) is 25.0 Å². The van der Waals surface area contributed by atoms with Crippen LogP contribution in [0.15, 0.2) is 60.9 Å². The molecule has 4 nitrogen and oxygen atoms in total. The molecular weight excluding hydrogens is 408 g/mol. The van der Waals surface area contributed by atoms with Crippen molar-refractivity contribution in [3.05, 3.63) is 77.6 Å². The zero-order chi connectivity index (χ0) is 22.7. The average molecular weight is 443 g/mol. The molecule has 4 heteroatoms. The van der Waals surface area contributed by atoms with E-state index < -0.39 is 5.41 Å². The summed E-state index contributed by atoms with van der Waals surface area (Å²) in [7, 11) is 0. The number of aryl methyl sites for hydroxylation is 1. The van der Waals surface area contributed by atoms with Crippen molar-refractivity contribution < 1.29 is 9.53 Å². The first kappa shape index (κ1) is 22.1. The van der Waals surface area contributed by atoms with E-state index in [1.165, 1.54) is 33.9 Å². The van der Waals surface area contributed by atoms with Crippen LogP contribution in [0.2, 0.25) is 0 Å². The van der Waals surface area contributed by atoms with E-state index in [4.69, 9.17) is 4.74 Å². The van der Waals surface area contributed by atoms with Gasteiger partial charge in [0.1, 0.15) is 0 Å². The molecule has 1 amide bonds. The Morgan fingerprint density at radius 1 is 1.06 bits per heavy atom. The smallest absolute Gasteiger partial charge is 0.233 e. The number of ether oxygens (including phenoxy) is 1. The van der Waals surface area contributed by atoms with Gasteiger partial charge in [-0.25, -0.2) is 0 Å². The van der Waals surface area contributed by atoms with Gasteiger partial charge in [0.05, 0.1) is 5.41 Å². The lowest BCUT2D eigenvalue weighted by Crippen LogP contribution is -2.50. The van der Waals surface area contributed by atoms with Crippen molar-refractivity contribution in [3.63, 3.8) is 0 Å². The summed E-state index contributed by atoms with van der Waals surface area (Å²) in [6.45, 7) is 5.16. The third-order valence-electron chi connectivity index (χ3n) is 7.69. The van der Waals surface area contributed by atoms with E-state index in [1.54, 1.807) is 0 Å². The second kappa shape index (κ2) is 9.64. The number of hydrogen-bond acceptors (Lipinski definition) is 3. The molecule has 2 aromatic carbocycles. The Bertz CT molecular complexity index is 1120. The van der Waals surface area contributed by atoms with Crippen LogP contribution < -0.4 is 0 Å². The number of carbonyl (C=O) groups is 1. The molecule has 0 radical (unpaired) electrons. The van der Waals surface area contributed by atoms with Gasteiger partial charge in [-0.3, -0.25) is 9.78 Å². The summed E-state index contributed by atoms with van der Waals surface area (Å²) in [5.74, 6) is 0.932. The lowest BCUT2D eigenvalue weighted by molar-refractivity contribution is -0.141. The summed E-state index contributed by atoms with van der Waals surface area (Å²) >= 11 is 0. The molecule has 2 aliphatic heterocycles. The molecule has 1 atom stereocenters. The molecule has 2 fully saturated rings. The number of aromatic nitrogens is 1. The van der Waals surface area contributed by atoms with Gasteiger partial charge in [-0.15, -0.1) is 0 Å². The molecule has 3 aromatic rings. The summed E-state index contributed by atoms with van der Waals surface area (Å²) in [5.41, 5.74) is 3.34. The normalized spacial score (nSPS) is 21.0. The number of amides is 1. The summed E-state index contributed by atoms with van der Waals surface area (Å²) in [4.78, 5) is 20.4. The van der Waals surface area contributed by atoms with Gasteiger partial charge in [-0.05, 0) is 73.9 Å². The SMILES string of the molecule is Cc1cccc(C2(C(=O)N3CCC[C@@H](Cc4ccc5cnccc5c4)CC3)CCOCC2)c1. The fraction of sp³-hybridized carbons (Fsp3) is 0.448. The van der Waals surface area contributed by atoms with Gasteiger partial charge < -0.3 is 9.64 Å². The zero-order valence-corrected chi connectivity index (χ0v) is 19.6. The molecule has 1 aromatic heterocycles. The molecule has 0 unspecified atom stereocenters. The summed E-state index contributed by atoms with van der Waals surface area (Å²) < 4.78 is 5.68. The van der Waals surface area contributed by atoms with E-state index in [1.807, 2.05) is 12.4 Å². The van der Waals surface area contributed by atoms with Gasteiger partial charge in [0.25, 0.3) is 0 Å². The highest BCUT2D eigenvalue weighted by molar-refractivity contribution is 5.88. The highest BCUT2D eigenvalue weighted by Gasteiger charge is 2.44. The molecule has 0 bridgehead atoms. The molecule has 5 rings (SSSR count). The number of fused-ring (bicyclic) bond motifs is 1. The Hall–Kier alpha value is -2.72. The largest absolute Gasteiger partial charge is 0.381 e. The molecule has 3 heterocycles. The Morgan fingerprint density at radius 3 is 2.79 bits per heavy atom. The maximum atomic E-state index is 14.0. The van der Waals surface area contributed by atoms with Crippen LogP contribution in [0.4, 0.5) is 0 Å². The van der Waals surface area contributed by atoms with Crippen LogP contribution in [0.3, 0.4) is 0 Å². The quantitative estimate of drug-likeness (QED) is 0.539. The molecule has 0 aliphatic carbocycles. The van der Waals surface area contributed by atoms with Gasteiger partial charge >= 0.3 is 0 Å². The van der Waals surface area contributed by atoms with Crippen molar-refractivity contribution in [3.8, 4) is 0 Å². The van der Waals surface area contributed by atoms with Crippen LogP contribution in [-0.2, 0) is 21.4 Å². The van der Waals surface area contributed by atoms with Gasteiger partial charge in [0, 0.05) is 44.1 Å². The van der Waals surface area contributed by atoms with Crippen molar-refractivity contribution >= 4 is 16.7 Å². The van der Waals surface area contributed by atoms with E-state index in [9.17, 15) is 4.79 Å². The fourth-order valence-electron chi connectivity index (χ4n) is 5.76. The summed E-state index contributed by atoms with van der Waals surface area (Å²) in [5, 5.41) is 2.45. The fourth-order valence-corrected chi connectivity index (χ4v) is 5.76. The number of hydrogen-bond donors (Lipinski definition) is 0. The second-order valence-electron chi connectivity index (χ2n) is 9.91. The minimum absolute atomic E-state index is 0.315. The van der Waals surface area contributed by atoms with Crippen LogP contribution in [0.1, 0.15) is 48.8 Å². The predicted molar refractivity (Wildman–Crippen MR) is 132 cm³/mol. The number of likely N-dealkylation sites (tertiary alicyclic amines) is 1. The summed E-state index contributed by atoms with van der Waals surface area (Å²) in [6.07, 6.45) is 9.75. The summed E-state index contributed by atoms with van der Waals surface area (Å²) in [6, 6.07) is 17.4. The second-order valence-corrected chi connectivity index (χ2v) is 9.91. The van der Waals surface area contributed by atoms with Crippen molar-refractivity contribution in [2.75, 3.05) is 26.3 Å². The first-order valence-corrected chi connectivity index (χ1v) is 12.4. The van der Waals surface area contributed by atoms with Crippen LogP contribution in [0.5, 0.6) is 0 Å². The first-order valence-electron chi connectivity index (χ1n) is 12.4. The highest BCUT2D eigenvalue weighted by Crippen LogP contribution is 2.38. The molecule has 0 saturated carbocycles. The first-order chi connectivity index (χ1) is 16.1. The molecule has 2 aliphatic rings. The van der Waals surface area contributed by atoms with Crippen LogP contribution in [0, 0.1) is 12.8 Å². The van der Waals surface area contributed by atoms with Gasteiger partial charge in [-0.2, -0.15) is 0 Å². The van der Waals surface area contributed by atoms with Gasteiger partial charge in [0.15, 0.2) is 0 Å². The highest BCUT2D eigenvalue weighted by atomic mass is 16.5. The molecule has 0 spiro atoms. The van der Waals surface area contributed by atoms with Crippen molar-refractivity contribution in [1.82, 2.24) is 9.88 Å². The van der Waals surface area contributed by atoms with Crippen molar-refractivity contribution in [2.24, 2.45) is 5.92 Å². The Kier molecular flexibility index (Phi) is 6.45. The number of benzene rings is 2. The molecule has 0 N–H and O–H groups in total. The van der Waals surface area contributed by atoms with E-state index >= 15 is 0 Å². The Labute approximate surface area is 197 Å². The van der Waals surface area contributed by atoms with Crippen molar-refractivity contribution in [1.29, 1.82) is 0 Å². The zero-order valence-electron chi connectivity index (χ0n) is 19.6. The average Bonchev–Trinajstić information content (AvgIpc) is 3.09.